The van der Waals surface area contributed by atoms with Gasteiger partial charge < -0.3 is 20.5 Å². The minimum absolute atomic E-state index is 0.0169. The second kappa shape index (κ2) is 10.1. The molecule has 0 bridgehead atoms. The van der Waals surface area contributed by atoms with Crippen LogP contribution in [0.1, 0.15) is 24.3 Å². The molecule has 0 saturated carbocycles. The molecule has 3 N–H and O–H groups in total. The van der Waals surface area contributed by atoms with Crippen molar-refractivity contribution >= 4 is 28.8 Å². The molecule has 1 aromatic carbocycles. The van der Waals surface area contributed by atoms with Gasteiger partial charge in [-0.05, 0) is 65.4 Å². The largest absolute Gasteiger partial charge is 0.573 e. The van der Waals surface area contributed by atoms with E-state index in [1.807, 2.05) is 16.8 Å². The zero-order valence-corrected chi connectivity index (χ0v) is 15.5. The number of anilines is 1. The molecule has 0 aliphatic rings. The lowest BCUT2D eigenvalue weighted by Crippen LogP contribution is -2.36. The van der Waals surface area contributed by atoms with Gasteiger partial charge in [-0.15, -0.1) is 13.2 Å². The van der Waals surface area contributed by atoms with Crippen molar-refractivity contribution < 1.29 is 32.6 Å². The Balaban J connectivity index is 1.80. The summed E-state index contributed by atoms with van der Waals surface area (Å²) in [4.78, 5) is 23.8. The van der Waals surface area contributed by atoms with E-state index in [0.29, 0.717) is 12.8 Å². The highest BCUT2D eigenvalue weighted by molar-refractivity contribution is 7.07. The Bertz CT molecular complexity index is 764. The van der Waals surface area contributed by atoms with E-state index in [0.717, 1.165) is 17.7 Å². The molecule has 10 heteroatoms. The van der Waals surface area contributed by atoms with Crippen LogP contribution in [0.3, 0.4) is 0 Å². The highest BCUT2D eigenvalue weighted by Crippen LogP contribution is 2.25. The third-order valence-electron chi connectivity index (χ3n) is 3.82. The van der Waals surface area contributed by atoms with Crippen LogP contribution in [0.15, 0.2) is 41.1 Å². The molecule has 0 spiro atoms. The van der Waals surface area contributed by atoms with E-state index in [1.165, 1.54) is 23.5 Å². The second-order valence-electron chi connectivity index (χ2n) is 5.84. The Morgan fingerprint density at radius 1 is 1.11 bits per heavy atom. The summed E-state index contributed by atoms with van der Waals surface area (Å²) < 4.78 is 40.1. The van der Waals surface area contributed by atoms with Crippen LogP contribution in [0.5, 0.6) is 5.75 Å². The summed E-state index contributed by atoms with van der Waals surface area (Å²) in [5.41, 5.74) is 1.23. The third-order valence-corrected chi connectivity index (χ3v) is 4.52. The van der Waals surface area contributed by atoms with Crippen LogP contribution in [0.4, 0.5) is 18.9 Å². The van der Waals surface area contributed by atoms with Crippen LogP contribution >= 0.6 is 11.3 Å². The molecule has 1 heterocycles. The van der Waals surface area contributed by atoms with Crippen molar-refractivity contribution in [1.82, 2.24) is 5.32 Å². The maximum absolute atomic E-state index is 12.1. The van der Waals surface area contributed by atoms with E-state index < -0.39 is 23.9 Å². The van der Waals surface area contributed by atoms with E-state index in [-0.39, 0.29) is 24.8 Å². The summed E-state index contributed by atoms with van der Waals surface area (Å²) in [5, 5.41) is 17.8. The normalized spacial score (nSPS) is 12.3. The molecule has 2 aromatic rings. The number of hydrogen-bond donors (Lipinski definition) is 3. The Kier molecular flexibility index (Phi) is 7.82. The van der Waals surface area contributed by atoms with E-state index in [1.54, 1.807) is 0 Å². The van der Waals surface area contributed by atoms with Gasteiger partial charge in [-0.3, -0.25) is 9.59 Å². The zero-order valence-electron chi connectivity index (χ0n) is 14.7. The van der Waals surface area contributed by atoms with Crippen LogP contribution in [0.25, 0.3) is 0 Å². The third kappa shape index (κ3) is 7.20. The zero-order chi connectivity index (χ0) is 20.6. The lowest BCUT2D eigenvalue weighted by molar-refractivity contribution is -0.274. The first-order valence-corrected chi connectivity index (χ1v) is 9.30. The number of ether oxygens (including phenoxy) is 1. The van der Waals surface area contributed by atoms with Crippen LogP contribution in [0, 0.1) is 0 Å². The summed E-state index contributed by atoms with van der Waals surface area (Å²) in [5.74, 6) is -2.15. The van der Waals surface area contributed by atoms with E-state index in [9.17, 15) is 22.8 Å². The number of carbonyl (C=O) groups excluding carboxylic acids is 2. The summed E-state index contributed by atoms with van der Waals surface area (Å²) in [6, 6.07) is 6.40. The van der Waals surface area contributed by atoms with E-state index in [2.05, 4.69) is 15.4 Å². The minimum atomic E-state index is -4.80. The number of nitrogens with one attached hydrogen (secondary N) is 2. The fourth-order valence-electron chi connectivity index (χ4n) is 2.51. The summed E-state index contributed by atoms with van der Waals surface area (Å²) >= 11 is 1.54. The number of aliphatic hydroxyl groups excluding tert-OH is 1. The van der Waals surface area contributed by atoms with Gasteiger partial charge in [0.1, 0.15) is 5.75 Å². The monoisotopic (exact) mass is 416 g/mol. The van der Waals surface area contributed by atoms with Gasteiger partial charge >= 0.3 is 18.2 Å². The number of thiophene rings is 1. The van der Waals surface area contributed by atoms with E-state index in [4.69, 9.17) is 5.11 Å². The van der Waals surface area contributed by atoms with E-state index >= 15 is 0 Å². The molecule has 28 heavy (non-hydrogen) atoms. The molecule has 0 aliphatic heterocycles. The molecular formula is C18H19F3N2O4S. The van der Waals surface area contributed by atoms with Crippen molar-refractivity contribution in [2.75, 3.05) is 18.5 Å². The molecule has 0 fully saturated rings. The molecule has 1 atom stereocenters. The first-order chi connectivity index (χ1) is 13.3. The highest BCUT2D eigenvalue weighted by Gasteiger charge is 2.31. The van der Waals surface area contributed by atoms with Gasteiger partial charge in [0, 0.05) is 18.8 Å². The van der Waals surface area contributed by atoms with Gasteiger partial charge in [0.2, 0.25) is 0 Å². The number of amides is 2. The molecule has 0 saturated heterocycles. The molecule has 1 aromatic heterocycles. The number of hydrogen-bond acceptors (Lipinski definition) is 5. The Morgan fingerprint density at radius 3 is 2.39 bits per heavy atom. The predicted molar refractivity (Wildman–Crippen MR) is 98.1 cm³/mol. The van der Waals surface area contributed by atoms with Crippen molar-refractivity contribution in [2.45, 2.75) is 25.1 Å². The average molecular weight is 416 g/mol. The SMILES string of the molecule is O=C(NCC[C@@H](CCO)c1ccsc1)C(=O)Nc1ccc(OC(F)(F)F)cc1. The summed E-state index contributed by atoms with van der Waals surface area (Å²) in [7, 11) is 0. The highest BCUT2D eigenvalue weighted by atomic mass is 32.1. The second-order valence-corrected chi connectivity index (χ2v) is 6.62. The maximum Gasteiger partial charge on any atom is 0.573 e. The molecule has 0 unspecified atom stereocenters. The van der Waals surface area contributed by atoms with Crippen LogP contribution in [0.2, 0.25) is 0 Å². The number of aliphatic hydroxyl groups is 1. The topological polar surface area (TPSA) is 87.7 Å². The van der Waals surface area contributed by atoms with Gasteiger partial charge in [-0.25, -0.2) is 0 Å². The van der Waals surface area contributed by atoms with Crippen LogP contribution in [-0.2, 0) is 9.59 Å². The maximum atomic E-state index is 12.1. The lowest BCUT2D eigenvalue weighted by Gasteiger charge is -2.15. The molecular weight excluding hydrogens is 397 g/mol. The quantitative estimate of drug-likeness (QED) is 0.577. The molecule has 6 nitrogen and oxygen atoms in total. The molecule has 0 aliphatic carbocycles. The van der Waals surface area contributed by atoms with Gasteiger partial charge in [-0.2, -0.15) is 11.3 Å². The van der Waals surface area contributed by atoms with Gasteiger partial charge in [0.05, 0.1) is 0 Å². The first-order valence-electron chi connectivity index (χ1n) is 8.36. The number of carbonyl (C=O) groups is 2. The number of halogens is 3. The molecule has 152 valence electrons. The first kappa shape index (κ1) is 21.7. The van der Waals surface area contributed by atoms with Gasteiger partial charge in [-0.1, -0.05) is 0 Å². The van der Waals surface area contributed by atoms with Gasteiger partial charge in [0.25, 0.3) is 0 Å². The summed E-state index contributed by atoms with van der Waals surface area (Å²) in [6.45, 7) is 0.258. The molecule has 0 radical (unpaired) electrons. The van der Waals surface area contributed by atoms with Crippen molar-refractivity contribution in [2.24, 2.45) is 0 Å². The molecule has 2 rings (SSSR count). The van der Waals surface area contributed by atoms with Crippen molar-refractivity contribution in [3.63, 3.8) is 0 Å². The number of benzene rings is 1. The van der Waals surface area contributed by atoms with Crippen molar-refractivity contribution in [3.05, 3.63) is 46.7 Å². The Morgan fingerprint density at radius 2 is 1.82 bits per heavy atom. The minimum Gasteiger partial charge on any atom is -0.406 e. The predicted octanol–water partition coefficient (Wildman–Crippen LogP) is 3.26. The fourth-order valence-corrected chi connectivity index (χ4v) is 3.25. The standard InChI is InChI=1S/C18H19F3N2O4S/c19-18(20,21)27-15-3-1-14(2-4-15)23-17(26)16(25)22-8-5-12(6-9-24)13-7-10-28-11-13/h1-4,7,10-12,24H,5-6,8-9H2,(H,22,25)(H,23,26)/t12-/m0/s1. The van der Waals surface area contributed by atoms with Crippen LogP contribution < -0.4 is 15.4 Å². The van der Waals surface area contributed by atoms with Crippen LogP contribution in [-0.4, -0.2) is 36.4 Å². The fraction of sp³-hybridized carbons (Fsp3) is 0.333. The number of alkyl halides is 3. The van der Waals surface area contributed by atoms with Crippen molar-refractivity contribution in [1.29, 1.82) is 0 Å². The Hall–Kier alpha value is -2.59. The lowest BCUT2D eigenvalue weighted by atomic mass is 9.95. The number of rotatable bonds is 8. The average Bonchev–Trinajstić information content (AvgIpc) is 3.15. The van der Waals surface area contributed by atoms with Crippen molar-refractivity contribution in [3.8, 4) is 5.75 Å². The molecule has 2 amide bonds. The smallest absolute Gasteiger partial charge is 0.406 e. The summed E-state index contributed by atoms with van der Waals surface area (Å²) in [6.07, 6.45) is -3.70. The van der Waals surface area contributed by atoms with Gasteiger partial charge in [0.15, 0.2) is 0 Å². The Labute approximate surface area is 163 Å².